The monoisotopic (exact) mass is 248 g/mol. The number of hydrogen-bond donors (Lipinski definition) is 2. The predicted octanol–water partition coefficient (Wildman–Crippen LogP) is 2.45. The average molecular weight is 248 g/mol. The second-order valence-electron chi connectivity index (χ2n) is 4.83. The average Bonchev–Trinajstić information content (AvgIpc) is 2.39. The van der Waals surface area contributed by atoms with Crippen LogP contribution in [0.25, 0.3) is 0 Å². The molecule has 1 aromatic carbocycles. The summed E-state index contributed by atoms with van der Waals surface area (Å²) in [7, 11) is 1.75. The largest absolute Gasteiger partial charge is 0.391 e. The number of aliphatic hydroxyl groups is 1. The predicted molar refractivity (Wildman–Crippen MR) is 71.5 cm³/mol. The Morgan fingerprint density at radius 2 is 1.94 bits per heavy atom. The fourth-order valence-electron chi connectivity index (χ4n) is 2.43. The standard InChI is InChI=1S/C14H20N2O2/c1-16(12-9-5-6-10-13(12)17)14(18)15-11-7-3-2-4-8-11/h2-4,7-8,12-13,17H,5-6,9-10H2,1H3,(H,15,18). The van der Waals surface area contributed by atoms with Crippen LogP contribution in [0.4, 0.5) is 10.5 Å². The summed E-state index contributed by atoms with van der Waals surface area (Å²) in [5.41, 5.74) is 0.777. The quantitative estimate of drug-likeness (QED) is 0.844. The summed E-state index contributed by atoms with van der Waals surface area (Å²) in [5.74, 6) is 0. The zero-order valence-electron chi connectivity index (χ0n) is 10.7. The lowest BCUT2D eigenvalue weighted by Crippen LogP contribution is -2.47. The number of likely N-dealkylation sites (N-methyl/N-ethyl adjacent to an activating group) is 1. The summed E-state index contributed by atoms with van der Waals surface area (Å²) in [6.07, 6.45) is 3.38. The molecule has 0 aliphatic heterocycles. The van der Waals surface area contributed by atoms with Crippen molar-refractivity contribution in [2.75, 3.05) is 12.4 Å². The van der Waals surface area contributed by atoms with E-state index in [2.05, 4.69) is 5.32 Å². The van der Waals surface area contributed by atoms with Gasteiger partial charge in [-0.1, -0.05) is 31.0 Å². The van der Waals surface area contributed by atoms with Crippen molar-refractivity contribution in [3.63, 3.8) is 0 Å². The molecule has 0 saturated heterocycles. The van der Waals surface area contributed by atoms with Crippen molar-refractivity contribution in [1.82, 2.24) is 4.90 Å². The molecule has 1 aliphatic rings. The van der Waals surface area contributed by atoms with Crippen molar-refractivity contribution in [2.24, 2.45) is 0 Å². The summed E-state index contributed by atoms with van der Waals surface area (Å²) in [4.78, 5) is 13.7. The minimum absolute atomic E-state index is 0.0672. The Labute approximate surface area is 108 Å². The first-order valence-electron chi connectivity index (χ1n) is 6.45. The van der Waals surface area contributed by atoms with Crippen LogP contribution in [-0.2, 0) is 0 Å². The van der Waals surface area contributed by atoms with Crippen LogP contribution >= 0.6 is 0 Å². The van der Waals surface area contributed by atoms with E-state index in [9.17, 15) is 9.90 Å². The highest BCUT2D eigenvalue weighted by molar-refractivity contribution is 5.89. The van der Waals surface area contributed by atoms with Crippen LogP contribution < -0.4 is 5.32 Å². The Hall–Kier alpha value is -1.55. The molecule has 4 nitrogen and oxygen atoms in total. The van der Waals surface area contributed by atoms with Gasteiger partial charge in [-0.3, -0.25) is 0 Å². The van der Waals surface area contributed by atoms with E-state index >= 15 is 0 Å². The highest BCUT2D eigenvalue weighted by Gasteiger charge is 2.29. The lowest BCUT2D eigenvalue weighted by atomic mass is 9.92. The number of benzene rings is 1. The Morgan fingerprint density at radius 1 is 1.28 bits per heavy atom. The first-order chi connectivity index (χ1) is 8.68. The van der Waals surface area contributed by atoms with Gasteiger partial charge in [0.1, 0.15) is 0 Å². The van der Waals surface area contributed by atoms with Gasteiger partial charge in [0.25, 0.3) is 0 Å². The highest BCUT2D eigenvalue weighted by Crippen LogP contribution is 2.22. The number of nitrogens with zero attached hydrogens (tertiary/aromatic N) is 1. The van der Waals surface area contributed by atoms with E-state index in [0.29, 0.717) is 0 Å². The summed E-state index contributed by atoms with van der Waals surface area (Å²) in [5, 5.41) is 12.8. The lowest BCUT2D eigenvalue weighted by Gasteiger charge is -2.35. The number of urea groups is 1. The highest BCUT2D eigenvalue weighted by atomic mass is 16.3. The molecule has 0 radical (unpaired) electrons. The van der Waals surface area contributed by atoms with Crippen LogP contribution in [0.3, 0.4) is 0 Å². The van der Waals surface area contributed by atoms with Crippen molar-refractivity contribution in [2.45, 2.75) is 37.8 Å². The summed E-state index contributed by atoms with van der Waals surface area (Å²) in [6, 6.07) is 9.14. The van der Waals surface area contributed by atoms with Gasteiger partial charge in [0.15, 0.2) is 0 Å². The molecule has 1 aromatic rings. The normalized spacial score (nSPS) is 23.4. The Kier molecular flexibility index (Phi) is 4.20. The van der Waals surface area contributed by atoms with Crippen LogP contribution in [0.5, 0.6) is 0 Å². The molecule has 2 rings (SSSR count). The van der Waals surface area contributed by atoms with Gasteiger partial charge < -0.3 is 15.3 Å². The minimum Gasteiger partial charge on any atom is -0.391 e. The molecule has 18 heavy (non-hydrogen) atoms. The van der Waals surface area contributed by atoms with E-state index in [-0.39, 0.29) is 12.1 Å². The number of rotatable bonds is 2. The van der Waals surface area contributed by atoms with Crippen LogP contribution in [0.2, 0.25) is 0 Å². The fraction of sp³-hybridized carbons (Fsp3) is 0.500. The third-order valence-electron chi connectivity index (χ3n) is 3.54. The van der Waals surface area contributed by atoms with Crippen molar-refractivity contribution < 1.29 is 9.90 Å². The molecular weight excluding hydrogens is 228 g/mol. The molecule has 0 aromatic heterocycles. The van der Waals surface area contributed by atoms with Gasteiger partial charge in [-0.25, -0.2) is 4.79 Å². The van der Waals surface area contributed by atoms with E-state index in [1.165, 1.54) is 0 Å². The maximum atomic E-state index is 12.1. The minimum atomic E-state index is -0.398. The second-order valence-corrected chi connectivity index (χ2v) is 4.83. The number of hydrogen-bond acceptors (Lipinski definition) is 2. The van der Waals surface area contributed by atoms with E-state index in [0.717, 1.165) is 31.4 Å². The van der Waals surface area contributed by atoms with Gasteiger partial charge in [0.2, 0.25) is 0 Å². The molecule has 2 N–H and O–H groups in total. The van der Waals surface area contributed by atoms with Crippen molar-refractivity contribution in [3.8, 4) is 0 Å². The summed E-state index contributed by atoms with van der Waals surface area (Å²) < 4.78 is 0. The Balaban J connectivity index is 1.96. The lowest BCUT2D eigenvalue weighted by molar-refractivity contribution is 0.0494. The molecule has 0 spiro atoms. The summed E-state index contributed by atoms with van der Waals surface area (Å²) >= 11 is 0. The molecule has 2 unspecified atom stereocenters. The molecule has 2 amide bonds. The third kappa shape index (κ3) is 3.01. The first kappa shape index (κ1) is 12.9. The number of amides is 2. The van der Waals surface area contributed by atoms with Crippen molar-refractivity contribution in [3.05, 3.63) is 30.3 Å². The van der Waals surface area contributed by atoms with Crippen LogP contribution in [-0.4, -0.2) is 35.2 Å². The number of carbonyl (C=O) groups is 1. The number of anilines is 1. The molecule has 98 valence electrons. The smallest absolute Gasteiger partial charge is 0.321 e. The molecule has 1 aliphatic carbocycles. The number of para-hydroxylation sites is 1. The number of nitrogens with one attached hydrogen (secondary N) is 1. The fourth-order valence-corrected chi connectivity index (χ4v) is 2.43. The zero-order valence-corrected chi connectivity index (χ0v) is 10.7. The maximum absolute atomic E-state index is 12.1. The molecule has 0 heterocycles. The second kappa shape index (κ2) is 5.87. The van der Waals surface area contributed by atoms with E-state index in [4.69, 9.17) is 0 Å². The van der Waals surface area contributed by atoms with Gasteiger partial charge >= 0.3 is 6.03 Å². The van der Waals surface area contributed by atoms with Gasteiger partial charge in [0, 0.05) is 12.7 Å². The SMILES string of the molecule is CN(C(=O)Nc1ccccc1)C1CCCCC1O. The molecule has 2 atom stereocenters. The van der Waals surface area contributed by atoms with Gasteiger partial charge in [-0.15, -0.1) is 0 Å². The summed E-state index contributed by atoms with van der Waals surface area (Å²) in [6.45, 7) is 0. The van der Waals surface area contributed by atoms with Gasteiger partial charge in [-0.05, 0) is 25.0 Å². The topological polar surface area (TPSA) is 52.6 Å². The molecule has 0 bridgehead atoms. The zero-order chi connectivity index (χ0) is 13.0. The van der Waals surface area contributed by atoms with Crippen molar-refractivity contribution >= 4 is 11.7 Å². The molecule has 1 fully saturated rings. The van der Waals surface area contributed by atoms with Crippen LogP contribution in [0.1, 0.15) is 25.7 Å². The van der Waals surface area contributed by atoms with Gasteiger partial charge in [-0.2, -0.15) is 0 Å². The van der Waals surface area contributed by atoms with Gasteiger partial charge in [0.05, 0.1) is 12.1 Å². The Bertz CT molecular complexity index is 394. The number of aliphatic hydroxyl groups excluding tert-OH is 1. The van der Waals surface area contributed by atoms with E-state index in [1.54, 1.807) is 11.9 Å². The van der Waals surface area contributed by atoms with Crippen molar-refractivity contribution in [1.29, 1.82) is 0 Å². The molecule has 4 heteroatoms. The van der Waals surface area contributed by atoms with E-state index in [1.807, 2.05) is 30.3 Å². The van der Waals surface area contributed by atoms with E-state index < -0.39 is 6.10 Å². The van der Waals surface area contributed by atoms with Crippen LogP contribution in [0.15, 0.2) is 30.3 Å². The Morgan fingerprint density at radius 3 is 2.61 bits per heavy atom. The number of carbonyl (C=O) groups excluding carboxylic acids is 1. The molecule has 1 saturated carbocycles. The molecular formula is C14H20N2O2. The maximum Gasteiger partial charge on any atom is 0.321 e. The van der Waals surface area contributed by atoms with Crippen LogP contribution in [0, 0.1) is 0 Å². The first-order valence-corrected chi connectivity index (χ1v) is 6.45. The third-order valence-corrected chi connectivity index (χ3v) is 3.54.